The molecule has 1 heterocycles. The van der Waals surface area contributed by atoms with Gasteiger partial charge in [0.05, 0.1) is 18.0 Å². The van der Waals surface area contributed by atoms with Crippen molar-refractivity contribution in [3.05, 3.63) is 59.7 Å². The van der Waals surface area contributed by atoms with Gasteiger partial charge in [-0.3, -0.25) is 9.69 Å². The molecular formula is C22H29N3O4S. The van der Waals surface area contributed by atoms with Gasteiger partial charge in [-0.25, -0.2) is 12.7 Å². The predicted molar refractivity (Wildman–Crippen MR) is 116 cm³/mol. The van der Waals surface area contributed by atoms with Crippen molar-refractivity contribution < 1.29 is 17.9 Å². The molecule has 0 unspecified atom stereocenters. The highest BCUT2D eigenvalue weighted by molar-refractivity contribution is 7.89. The molecule has 1 atom stereocenters. The van der Waals surface area contributed by atoms with Gasteiger partial charge in [0, 0.05) is 31.8 Å². The van der Waals surface area contributed by atoms with Crippen molar-refractivity contribution >= 4 is 15.9 Å². The van der Waals surface area contributed by atoms with Crippen molar-refractivity contribution in [3.63, 3.8) is 0 Å². The second-order valence-corrected chi connectivity index (χ2v) is 9.67. The van der Waals surface area contributed by atoms with E-state index < -0.39 is 10.0 Å². The molecule has 162 valence electrons. The molecule has 0 aromatic heterocycles. The zero-order chi connectivity index (χ0) is 21.7. The van der Waals surface area contributed by atoms with Gasteiger partial charge in [0.1, 0.15) is 5.75 Å². The van der Waals surface area contributed by atoms with Crippen molar-refractivity contribution in [1.82, 2.24) is 14.5 Å². The maximum Gasteiger partial charge on any atom is 0.251 e. The van der Waals surface area contributed by atoms with E-state index >= 15 is 0 Å². The number of ether oxygens (including phenoxy) is 1. The molecule has 30 heavy (non-hydrogen) atoms. The molecule has 0 spiro atoms. The molecule has 0 aliphatic carbocycles. The van der Waals surface area contributed by atoms with Crippen LogP contribution in [0.5, 0.6) is 5.75 Å². The summed E-state index contributed by atoms with van der Waals surface area (Å²) in [7, 11) is 1.09. The Balaban J connectivity index is 1.75. The molecule has 1 aliphatic rings. The SMILES string of the molecule is COc1ccccc1[C@H](CNC(=O)c1ccc(S(=O)(=O)N(C)C)cc1)N1CCCC1. The lowest BCUT2D eigenvalue weighted by molar-refractivity contribution is 0.0937. The van der Waals surface area contributed by atoms with Crippen molar-refractivity contribution in [2.75, 3.05) is 40.8 Å². The Morgan fingerprint density at radius 2 is 1.73 bits per heavy atom. The number of nitrogens with zero attached hydrogens (tertiary/aromatic N) is 2. The Morgan fingerprint density at radius 1 is 1.10 bits per heavy atom. The number of amides is 1. The number of carbonyl (C=O) groups excluding carboxylic acids is 1. The van der Waals surface area contributed by atoms with Crippen LogP contribution in [0.2, 0.25) is 0 Å². The smallest absolute Gasteiger partial charge is 0.251 e. The zero-order valence-corrected chi connectivity index (χ0v) is 18.5. The molecule has 2 aromatic carbocycles. The quantitative estimate of drug-likeness (QED) is 0.695. The largest absolute Gasteiger partial charge is 0.496 e. The van der Waals surface area contributed by atoms with Crippen LogP contribution in [-0.2, 0) is 10.0 Å². The fourth-order valence-corrected chi connectivity index (χ4v) is 4.61. The number of para-hydroxylation sites is 1. The molecular weight excluding hydrogens is 402 g/mol. The van der Waals surface area contributed by atoms with Gasteiger partial charge in [-0.15, -0.1) is 0 Å². The highest BCUT2D eigenvalue weighted by atomic mass is 32.2. The molecule has 3 rings (SSSR count). The van der Waals surface area contributed by atoms with E-state index in [9.17, 15) is 13.2 Å². The fraction of sp³-hybridized carbons (Fsp3) is 0.409. The summed E-state index contributed by atoms with van der Waals surface area (Å²) < 4.78 is 31.1. The molecule has 1 aliphatic heterocycles. The van der Waals surface area contributed by atoms with E-state index in [4.69, 9.17) is 4.74 Å². The molecule has 8 heteroatoms. The standard InChI is InChI=1S/C22H29N3O4S/c1-24(2)30(27,28)18-12-10-17(11-13-18)22(26)23-16-20(25-14-6-7-15-25)19-8-4-5-9-21(19)29-3/h4-5,8-13,20H,6-7,14-16H2,1-3H3,(H,23,26)/t20-/m0/s1. The van der Waals surface area contributed by atoms with Crippen molar-refractivity contribution in [1.29, 1.82) is 0 Å². The summed E-state index contributed by atoms with van der Waals surface area (Å²) in [5.74, 6) is 0.574. The highest BCUT2D eigenvalue weighted by Crippen LogP contribution is 2.31. The van der Waals surface area contributed by atoms with Gasteiger partial charge < -0.3 is 10.1 Å². The summed E-state index contributed by atoms with van der Waals surface area (Å²) in [5.41, 5.74) is 1.47. The number of carbonyl (C=O) groups is 1. The van der Waals surface area contributed by atoms with Crippen LogP contribution in [0.4, 0.5) is 0 Å². The summed E-state index contributed by atoms with van der Waals surface area (Å²) in [6.07, 6.45) is 2.28. The van der Waals surface area contributed by atoms with Gasteiger partial charge in [0.15, 0.2) is 0 Å². The zero-order valence-electron chi connectivity index (χ0n) is 17.7. The maximum absolute atomic E-state index is 12.7. The third-order valence-corrected chi connectivity index (χ3v) is 7.26. The van der Waals surface area contributed by atoms with Gasteiger partial charge in [0.2, 0.25) is 10.0 Å². The molecule has 0 saturated carbocycles. The van der Waals surface area contributed by atoms with Gasteiger partial charge in [-0.05, 0) is 56.3 Å². The second kappa shape index (κ2) is 9.59. The minimum atomic E-state index is -3.52. The first-order chi connectivity index (χ1) is 14.3. The summed E-state index contributed by atoms with van der Waals surface area (Å²) >= 11 is 0. The van der Waals surface area contributed by atoms with Crippen molar-refractivity contribution in [2.45, 2.75) is 23.8 Å². The average molecular weight is 432 g/mol. The number of likely N-dealkylation sites (tertiary alicyclic amines) is 1. The minimum Gasteiger partial charge on any atom is -0.496 e. The Morgan fingerprint density at radius 3 is 2.33 bits per heavy atom. The monoisotopic (exact) mass is 431 g/mol. The lowest BCUT2D eigenvalue weighted by Gasteiger charge is -2.29. The van der Waals surface area contributed by atoms with Crippen LogP contribution < -0.4 is 10.1 Å². The molecule has 0 radical (unpaired) electrons. The first-order valence-corrected chi connectivity index (χ1v) is 11.5. The van der Waals surface area contributed by atoms with E-state index in [-0.39, 0.29) is 16.8 Å². The second-order valence-electron chi connectivity index (χ2n) is 7.52. The lowest BCUT2D eigenvalue weighted by Crippen LogP contribution is -2.37. The molecule has 0 bridgehead atoms. The summed E-state index contributed by atoms with van der Waals surface area (Å²) in [5, 5.41) is 3.01. The maximum atomic E-state index is 12.7. The van der Waals surface area contributed by atoms with Crippen LogP contribution in [0.15, 0.2) is 53.4 Å². The third-order valence-electron chi connectivity index (χ3n) is 5.43. The van der Waals surface area contributed by atoms with Crippen molar-refractivity contribution in [2.24, 2.45) is 0 Å². The van der Waals surface area contributed by atoms with Crippen LogP contribution in [0, 0.1) is 0 Å². The molecule has 2 aromatic rings. The Hall–Kier alpha value is -2.42. The lowest BCUT2D eigenvalue weighted by atomic mass is 10.0. The number of hydrogen-bond donors (Lipinski definition) is 1. The molecule has 1 N–H and O–H groups in total. The van der Waals surface area contributed by atoms with Crippen LogP contribution in [0.25, 0.3) is 0 Å². The number of sulfonamides is 1. The molecule has 1 saturated heterocycles. The number of methoxy groups -OCH3 is 1. The van der Waals surface area contributed by atoms with E-state index in [0.29, 0.717) is 12.1 Å². The summed E-state index contributed by atoms with van der Waals surface area (Å²) in [4.78, 5) is 15.3. The van der Waals surface area contributed by atoms with Gasteiger partial charge in [0.25, 0.3) is 5.91 Å². The van der Waals surface area contributed by atoms with E-state index in [2.05, 4.69) is 10.2 Å². The van der Waals surface area contributed by atoms with E-state index in [0.717, 1.165) is 41.5 Å². The van der Waals surface area contributed by atoms with E-state index in [1.807, 2.05) is 24.3 Å². The molecule has 1 amide bonds. The Labute approximate surface area is 178 Å². The highest BCUT2D eigenvalue weighted by Gasteiger charge is 2.26. The van der Waals surface area contributed by atoms with Crippen LogP contribution >= 0.6 is 0 Å². The topological polar surface area (TPSA) is 78.9 Å². The molecule has 1 fully saturated rings. The normalized spacial score (nSPS) is 15.9. The third kappa shape index (κ3) is 4.83. The van der Waals surface area contributed by atoms with Gasteiger partial charge in [-0.2, -0.15) is 0 Å². The average Bonchev–Trinajstić information content (AvgIpc) is 3.28. The number of hydrogen-bond acceptors (Lipinski definition) is 5. The Bertz CT molecular complexity index is 968. The van der Waals surface area contributed by atoms with Crippen LogP contribution in [0.3, 0.4) is 0 Å². The molecule has 7 nitrogen and oxygen atoms in total. The minimum absolute atomic E-state index is 0.0148. The fourth-order valence-electron chi connectivity index (χ4n) is 3.71. The van der Waals surface area contributed by atoms with Gasteiger partial charge in [-0.1, -0.05) is 18.2 Å². The first kappa shape index (κ1) is 22.3. The van der Waals surface area contributed by atoms with Gasteiger partial charge >= 0.3 is 0 Å². The predicted octanol–water partition coefficient (Wildman–Crippen LogP) is 2.51. The van der Waals surface area contributed by atoms with Crippen LogP contribution in [0.1, 0.15) is 34.8 Å². The summed E-state index contributed by atoms with van der Waals surface area (Å²) in [6, 6.07) is 13.9. The van der Waals surface area contributed by atoms with E-state index in [1.165, 1.54) is 26.2 Å². The van der Waals surface area contributed by atoms with Crippen LogP contribution in [-0.4, -0.2) is 64.4 Å². The first-order valence-electron chi connectivity index (χ1n) is 10.0. The number of benzene rings is 2. The van der Waals surface area contributed by atoms with Crippen molar-refractivity contribution in [3.8, 4) is 5.75 Å². The Kier molecular flexibility index (Phi) is 7.12. The summed E-state index contributed by atoms with van der Waals surface area (Å²) in [6.45, 7) is 2.41. The van der Waals surface area contributed by atoms with E-state index in [1.54, 1.807) is 19.2 Å². The number of nitrogens with one attached hydrogen (secondary N) is 1. The number of rotatable bonds is 8.